The van der Waals surface area contributed by atoms with Crippen LogP contribution in [0, 0.1) is 0 Å². The molecular weight excluding hydrogens is 124 g/mol. The Labute approximate surface area is 52.7 Å². The fourth-order valence-corrected chi connectivity index (χ4v) is 0.871. The maximum absolute atomic E-state index is 8.91. The van der Waals surface area contributed by atoms with Gasteiger partial charge in [0, 0.05) is 6.42 Å². The standard InChI is InChI=1S/C5H10O4/c6-2-4-3(7)1-5(8)9-4/h3-8H,1-2H2/t3-,4-,5-/m0/s1. The van der Waals surface area contributed by atoms with Crippen LogP contribution in [0.2, 0.25) is 0 Å². The second-order valence-electron chi connectivity index (χ2n) is 2.11. The fourth-order valence-electron chi connectivity index (χ4n) is 0.871. The molecule has 0 amide bonds. The van der Waals surface area contributed by atoms with Gasteiger partial charge in [-0.05, 0) is 0 Å². The van der Waals surface area contributed by atoms with Gasteiger partial charge in [-0.25, -0.2) is 0 Å². The van der Waals surface area contributed by atoms with Gasteiger partial charge in [0.1, 0.15) is 6.10 Å². The van der Waals surface area contributed by atoms with E-state index in [2.05, 4.69) is 4.74 Å². The van der Waals surface area contributed by atoms with Crippen LogP contribution in [0.3, 0.4) is 0 Å². The summed E-state index contributed by atoms with van der Waals surface area (Å²) >= 11 is 0. The number of aliphatic hydroxyl groups is 3. The monoisotopic (exact) mass is 134 g/mol. The maximum atomic E-state index is 8.91. The molecule has 1 rings (SSSR count). The van der Waals surface area contributed by atoms with Crippen LogP contribution in [0.15, 0.2) is 0 Å². The summed E-state index contributed by atoms with van der Waals surface area (Å²) in [6.07, 6.45) is -2.02. The van der Waals surface area contributed by atoms with Gasteiger partial charge in [-0.15, -0.1) is 0 Å². The summed E-state index contributed by atoms with van der Waals surface area (Å²) in [6, 6.07) is 0. The number of hydrogen-bond donors (Lipinski definition) is 3. The molecule has 0 aromatic heterocycles. The lowest BCUT2D eigenvalue weighted by Crippen LogP contribution is -2.24. The SMILES string of the molecule is OC[C@@H]1O[C@H](O)C[C@@H]1O. The van der Waals surface area contributed by atoms with E-state index in [0.29, 0.717) is 0 Å². The minimum absolute atomic E-state index is 0.200. The van der Waals surface area contributed by atoms with Crippen molar-refractivity contribution in [3.63, 3.8) is 0 Å². The van der Waals surface area contributed by atoms with E-state index in [-0.39, 0.29) is 13.0 Å². The Morgan fingerprint density at radius 2 is 2.11 bits per heavy atom. The van der Waals surface area contributed by atoms with Gasteiger partial charge in [0.05, 0.1) is 12.7 Å². The van der Waals surface area contributed by atoms with Crippen molar-refractivity contribution in [3.8, 4) is 0 Å². The molecule has 0 saturated carbocycles. The Balaban J connectivity index is 2.38. The van der Waals surface area contributed by atoms with E-state index < -0.39 is 18.5 Å². The van der Waals surface area contributed by atoms with E-state index in [1.165, 1.54) is 0 Å². The highest BCUT2D eigenvalue weighted by Crippen LogP contribution is 2.17. The lowest BCUT2D eigenvalue weighted by molar-refractivity contribution is -0.107. The molecule has 0 spiro atoms. The third-order valence-electron chi connectivity index (χ3n) is 1.38. The third kappa shape index (κ3) is 1.40. The van der Waals surface area contributed by atoms with Crippen LogP contribution in [-0.4, -0.2) is 40.4 Å². The highest BCUT2D eigenvalue weighted by Gasteiger charge is 2.31. The second kappa shape index (κ2) is 2.62. The predicted octanol–water partition coefficient (Wildman–Crippen LogP) is -1.55. The van der Waals surface area contributed by atoms with Crippen molar-refractivity contribution in [2.45, 2.75) is 24.9 Å². The van der Waals surface area contributed by atoms with Gasteiger partial charge in [-0.1, -0.05) is 0 Å². The molecular formula is C5H10O4. The Morgan fingerprint density at radius 1 is 1.44 bits per heavy atom. The van der Waals surface area contributed by atoms with Crippen LogP contribution in [0.5, 0.6) is 0 Å². The normalized spacial score (nSPS) is 43.7. The van der Waals surface area contributed by atoms with Crippen molar-refractivity contribution in [1.82, 2.24) is 0 Å². The average Bonchev–Trinajstić information content (AvgIpc) is 2.10. The molecule has 1 aliphatic heterocycles. The van der Waals surface area contributed by atoms with E-state index in [1.54, 1.807) is 0 Å². The molecule has 0 aromatic rings. The van der Waals surface area contributed by atoms with Crippen LogP contribution in [0.4, 0.5) is 0 Å². The molecule has 1 saturated heterocycles. The van der Waals surface area contributed by atoms with Crippen LogP contribution in [0.25, 0.3) is 0 Å². The molecule has 0 aliphatic carbocycles. The van der Waals surface area contributed by atoms with Gasteiger partial charge in [0.2, 0.25) is 0 Å². The number of rotatable bonds is 1. The zero-order valence-corrected chi connectivity index (χ0v) is 4.90. The largest absolute Gasteiger partial charge is 0.394 e. The Hall–Kier alpha value is -0.160. The molecule has 0 aromatic carbocycles. The molecule has 54 valence electrons. The van der Waals surface area contributed by atoms with E-state index in [4.69, 9.17) is 15.3 Å². The van der Waals surface area contributed by atoms with Crippen LogP contribution >= 0.6 is 0 Å². The Kier molecular flexibility index (Phi) is 2.02. The van der Waals surface area contributed by atoms with Crippen LogP contribution in [-0.2, 0) is 4.74 Å². The number of aliphatic hydroxyl groups excluding tert-OH is 3. The zero-order valence-electron chi connectivity index (χ0n) is 4.90. The van der Waals surface area contributed by atoms with Gasteiger partial charge in [-0.2, -0.15) is 0 Å². The molecule has 9 heavy (non-hydrogen) atoms. The van der Waals surface area contributed by atoms with Crippen LogP contribution in [0.1, 0.15) is 6.42 Å². The smallest absolute Gasteiger partial charge is 0.157 e. The zero-order chi connectivity index (χ0) is 6.85. The molecule has 3 N–H and O–H groups in total. The Bertz CT molecular complexity index is 95.0. The second-order valence-corrected chi connectivity index (χ2v) is 2.11. The molecule has 1 fully saturated rings. The summed E-state index contributed by atoms with van der Waals surface area (Å²) in [5.74, 6) is 0. The van der Waals surface area contributed by atoms with Crippen molar-refractivity contribution >= 4 is 0 Å². The molecule has 4 nitrogen and oxygen atoms in total. The molecule has 0 radical (unpaired) electrons. The van der Waals surface area contributed by atoms with E-state index >= 15 is 0 Å². The third-order valence-corrected chi connectivity index (χ3v) is 1.38. The van der Waals surface area contributed by atoms with Crippen molar-refractivity contribution in [2.75, 3.05) is 6.61 Å². The lowest BCUT2D eigenvalue weighted by Gasteiger charge is -2.08. The summed E-state index contributed by atoms with van der Waals surface area (Å²) in [6.45, 7) is -0.238. The summed E-state index contributed by atoms with van der Waals surface area (Å²) in [7, 11) is 0. The number of hydrogen-bond acceptors (Lipinski definition) is 4. The first kappa shape index (κ1) is 6.95. The van der Waals surface area contributed by atoms with E-state index in [0.717, 1.165) is 0 Å². The summed E-state index contributed by atoms with van der Waals surface area (Å²) < 4.78 is 4.68. The average molecular weight is 134 g/mol. The topological polar surface area (TPSA) is 69.9 Å². The first-order chi connectivity index (χ1) is 4.24. The van der Waals surface area contributed by atoms with Gasteiger partial charge < -0.3 is 20.1 Å². The highest BCUT2D eigenvalue weighted by molar-refractivity contribution is 4.75. The molecule has 1 heterocycles. The summed E-state index contributed by atoms with van der Waals surface area (Å²) in [5.41, 5.74) is 0. The fraction of sp³-hybridized carbons (Fsp3) is 1.00. The lowest BCUT2D eigenvalue weighted by atomic mass is 10.2. The number of ether oxygens (including phenoxy) is 1. The molecule has 0 bridgehead atoms. The minimum Gasteiger partial charge on any atom is -0.394 e. The van der Waals surface area contributed by atoms with E-state index in [1.807, 2.05) is 0 Å². The van der Waals surface area contributed by atoms with Gasteiger partial charge >= 0.3 is 0 Å². The van der Waals surface area contributed by atoms with Crippen molar-refractivity contribution in [1.29, 1.82) is 0 Å². The first-order valence-corrected chi connectivity index (χ1v) is 2.86. The van der Waals surface area contributed by atoms with E-state index in [9.17, 15) is 0 Å². The van der Waals surface area contributed by atoms with Crippen molar-refractivity contribution < 1.29 is 20.1 Å². The van der Waals surface area contributed by atoms with Crippen molar-refractivity contribution in [3.05, 3.63) is 0 Å². The minimum atomic E-state index is -0.905. The molecule has 4 heteroatoms. The summed E-state index contributed by atoms with van der Waals surface area (Å²) in [5, 5.41) is 26.1. The quantitative estimate of drug-likeness (QED) is 0.406. The summed E-state index contributed by atoms with van der Waals surface area (Å²) in [4.78, 5) is 0. The highest BCUT2D eigenvalue weighted by atomic mass is 16.6. The predicted molar refractivity (Wildman–Crippen MR) is 28.6 cm³/mol. The van der Waals surface area contributed by atoms with Crippen molar-refractivity contribution in [2.24, 2.45) is 0 Å². The first-order valence-electron chi connectivity index (χ1n) is 2.86. The van der Waals surface area contributed by atoms with Gasteiger partial charge in [0.15, 0.2) is 6.29 Å². The van der Waals surface area contributed by atoms with Crippen LogP contribution < -0.4 is 0 Å². The molecule has 3 atom stereocenters. The maximum Gasteiger partial charge on any atom is 0.157 e. The van der Waals surface area contributed by atoms with Gasteiger partial charge in [-0.3, -0.25) is 0 Å². The Morgan fingerprint density at radius 3 is 2.33 bits per heavy atom. The molecule has 1 aliphatic rings. The van der Waals surface area contributed by atoms with Gasteiger partial charge in [0.25, 0.3) is 0 Å². The molecule has 0 unspecified atom stereocenters.